The summed E-state index contributed by atoms with van der Waals surface area (Å²) >= 11 is 0. The first kappa shape index (κ1) is 18.6. The molecular formula is C22H16FN5O3. The lowest BCUT2D eigenvalue weighted by atomic mass is 9.92. The summed E-state index contributed by atoms with van der Waals surface area (Å²) in [7, 11) is 0. The number of nitrogens with zero attached hydrogens (tertiary/aromatic N) is 1. The zero-order chi connectivity index (χ0) is 21.4. The molecular weight excluding hydrogens is 401 g/mol. The van der Waals surface area contributed by atoms with Crippen molar-refractivity contribution < 1.29 is 18.4 Å². The number of carbonyl (C=O) groups excluding carboxylic acids is 2. The number of fused-ring (bicyclic) bond motifs is 1. The first-order valence-electron chi connectivity index (χ1n) is 9.45. The number of benzene rings is 2. The minimum Gasteiger partial charge on any atom is -0.449 e. The largest absolute Gasteiger partial charge is 0.449 e. The second kappa shape index (κ2) is 7.45. The number of H-pyrrole nitrogens is 1. The third-order valence-corrected chi connectivity index (χ3v) is 4.99. The van der Waals surface area contributed by atoms with E-state index in [2.05, 4.69) is 25.9 Å². The number of amides is 3. The van der Waals surface area contributed by atoms with E-state index in [-0.39, 0.29) is 17.5 Å². The van der Waals surface area contributed by atoms with Crippen molar-refractivity contribution in [3.63, 3.8) is 0 Å². The molecule has 1 aliphatic heterocycles. The van der Waals surface area contributed by atoms with Crippen LogP contribution >= 0.6 is 0 Å². The van der Waals surface area contributed by atoms with E-state index in [1.165, 1.54) is 12.3 Å². The number of hydrogen-bond donors (Lipinski definition) is 4. The van der Waals surface area contributed by atoms with Crippen molar-refractivity contribution in [2.24, 2.45) is 0 Å². The van der Waals surface area contributed by atoms with Gasteiger partial charge in [0.1, 0.15) is 11.6 Å². The molecule has 0 bridgehead atoms. The number of nitrogens with one attached hydrogen (secondary N) is 4. The van der Waals surface area contributed by atoms with Crippen molar-refractivity contribution in [2.45, 2.75) is 6.54 Å². The van der Waals surface area contributed by atoms with E-state index in [1.807, 2.05) is 0 Å². The molecule has 4 aromatic rings. The third-order valence-electron chi connectivity index (χ3n) is 4.99. The third kappa shape index (κ3) is 3.42. The summed E-state index contributed by atoms with van der Waals surface area (Å²) in [5.74, 6) is 0.0982. The fourth-order valence-corrected chi connectivity index (χ4v) is 3.65. The summed E-state index contributed by atoms with van der Waals surface area (Å²) in [4.78, 5) is 31.7. The van der Waals surface area contributed by atoms with Gasteiger partial charge in [0.15, 0.2) is 0 Å². The maximum atomic E-state index is 15.0. The zero-order valence-electron chi connectivity index (χ0n) is 16.0. The molecule has 0 spiro atoms. The molecule has 3 heterocycles. The van der Waals surface area contributed by atoms with Crippen LogP contribution in [-0.2, 0) is 6.54 Å². The van der Waals surface area contributed by atoms with E-state index >= 15 is 0 Å². The minimum atomic E-state index is -0.555. The zero-order valence-corrected chi connectivity index (χ0v) is 16.0. The van der Waals surface area contributed by atoms with Crippen LogP contribution in [0.25, 0.3) is 22.5 Å². The van der Waals surface area contributed by atoms with Gasteiger partial charge in [-0.3, -0.25) is 10.1 Å². The quantitative estimate of drug-likeness (QED) is 0.395. The maximum absolute atomic E-state index is 15.0. The number of imidazole rings is 1. The van der Waals surface area contributed by atoms with Gasteiger partial charge in [-0.2, -0.15) is 0 Å². The summed E-state index contributed by atoms with van der Waals surface area (Å²) in [6, 6.07) is 10.6. The molecule has 4 N–H and O–H groups in total. The number of halogens is 1. The average Bonchev–Trinajstić information content (AvgIpc) is 3.51. The molecule has 2 aromatic carbocycles. The smallest absolute Gasteiger partial charge is 0.326 e. The van der Waals surface area contributed by atoms with Gasteiger partial charge in [0.25, 0.3) is 5.91 Å². The topological polar surface area (TPSA) is 112 Å². The maximum Gasteiger partial charge on any atom is 0.326 e. The number of aromatic nitrogens is 2. The Hall–Kier alpha value is -4.40. The Morgan fingerprint density at radius 1 is 1.10 bits per heavy atom. The molecule has 0 aliphatic carbocycles. The van der Waals surface area contributed by atoms with E-state index in [9.17, 15) is 14.0 Å². The normalized spacial score (nSPS) is 12.4. The Balaban J connectivity index is 1.46. The van der Waals surface area contributed by atoms with Crippen molar-refractivity contribution in [1.29, 1.82) is 0 Å². The molecule has 0 saturated heterocycles. The molecule has 0 saturated carbocycles. The minimum absolute atomic E-state index is 0.225. The highest BCUT2D eigenvalue weighted by Gasteiger charge is 2.28. The Bertz CT molecular complexity index is 1280. The van der Waals surface area contributed by atoms with E-state index in [4.69, 9.17) is 4.42 Å². The number of anilines is 2. The number of rotatable bonds is 4. The summed E-state index contributed by atoms with van der Waals surface area (Å²) in [6.45, 7) is 0.295. The van der Waals surface area contributed by atoms with Crippen molar-refractivity contribution in [3.05, 3.63) is 78.1 Å². The molecule has 0 fully saturated rings. The van der Waals surface area contributed by atoms with Crippen LogP contribution in [0.5, 0.6) is 0 Å². The Labute approximate surface area is 175 Å². The summed E-state index contributed by atoms with van der Waals surface area (Å²) in [5, 5.41) is 7.86. The van der Waals surface area contributed by atoms with E-state index in [1.54, 1.807) is 48.8 Å². The first-order chi connectivity index (χ1) is 15.1. The highest BCUT2D eigenvalue weighted by atomic mass is 19.1. The van der Waals surface area contributed by atoms with Gasteiger partial charge in [-0.25, -0.2) is 14.2 Å². The Morgan fingerprint density at radius 2 is 1.94 bits per heavy atom. The van der Waals surface area contributed by atoms with Gasteiger partial charge in [-0.05, 0) is 41.5 Å². The van der Waals surface area contributed by atoms with Crippen LogP contribution in [0.1, 0.15) is 15.9 Å². The van der Waals surface area contributed by atoms with Gasteiger partial charge in [-0.1, -0.05) is 6.07 Å². The molecule has 0 atom stereocenters. The Morgan fingerprint density at radius 3 is 2.68 bits per heavy atom. The van der Waals surface area contributed by atoms with Crippen molar-refractivity contribution in [3.8, 4) is 22.5 Å². The SMILES string of the molecule is O=C(Nc1ccc(-c2ccc(-c3ncc[nH]3)c3c2CNC3=O)c(F)c1)Nc1ccco1. The van der Waals surface area contributed by atoms with Gasteiger partial charge >= 0.3 is 6.03 Å². The predicted octanol–water partition coefficient (Wildman–Crippen LogP) is 4.36. The first-order valence-corrected chi connectivity index (χ1v) is 9.45. The number of aromatic amines is 1. The van der Waals surface area contributed by atoms with Gasteiger partial charge in [0, 0.05) is 41.8 Å². The van der Waals surface area contributed by atoms with Gasteiger partial charge < -0.3 is 20.0 Å². The highest BCUT2D eigenvalue weighted by Crippen LogP contribution is 2.36. The number of urea groups is 1. The van der Waals surface area contributed by atoms with E-state index in [0.717, 1.165) is 0 Å². The monoisotopic (exact) mass is 417 g/mol. The molecule has 5 rings (SSSR count). The highest BCUT2D eigenvalue weighted by molar-refractivity contribution is 6.06. The van der Waals surface area contributed by atoms with Crippen LogP contribution in [0, 0.1) is 5.82 Å². The van der Waals surface area contributed by atoms with Gasteiger partial charge in [0.05, 0.1) is 11.8 Å². The summed E-state index contributed by atoms with van der Waals surface area (Å²) < 4.78 is 20.0. The molecule has 9 heteroatoms. The molecule has 8 nitrogen and oxygen atoms in total. The van der Waals surface area contributed by atoms with E-state index in [0.29, 0.717) is 40.2 Å². The molecule has 0 radical (unpaired) electrons. The molecule has 31 heavy (non-hydrogen) atoms. The standard InChI is InChI=1S/C22H16FN5O3/c23-17-10-12(27-22(30)28-18-2-1-9-31-18)3-4-14(17)13-5-6-15(20-24-7-8-25-20)19-16(13)11-26-21(19)29/h1-10H,11H2,(H,24,25)(H,26,29)(H2,27,28,30). The average molecular weight is 417 g/mol. The van der Waals surface area contributed by atoms with Gasteiger partial charge in [0.2, 0.25) is 5.88 Å². The number of hydrogen-bond acceptors (Lipinski definition) is 4. The molecule has 154 valence electrons. The number of carbonyl (C=O) groups is 2. The molecule has 3 amide bonds. The lowest BCUT2D eigenvalue weighted by molar-refractivity contribution is 0.0966. The van der Waals surface area contributed by atoms with Gasteiger partial charge in [-0.15, -0.1) is 0 Å². The van der Waals surface area contributed by atoms with Crippen molar-refractivity contribution >= 4 is 23.5 Å². The van der Waals surface area contributed by atoms with Crippen LogP contribution in [0.15, 0.2) is 65.5 Å². The summed E-state index contributed by atoms with van der Waals surface area (Å²) in [5.41, 5.74) is 3.06. The summed E-state index contributed by atoms with van der Waals surface area (Å²) in [6.07, 6.45) is 4.71. The lowest BCUT2D eigenvalue weighted by Gasteiger charge is -2.13. The van der Waals surface area contributed by atoms with Crippen LogP contribution in [0.3, 0.4) is 0 Å². The Kier molecular flexibility index (Phi) is 4.47. The van der Waals surface area contributed by atoms with Crippen LogP contribution in [0.4, 0.5) is 20.8 Å². The van der Waals surface area contributed by atoms with Crippen LogP contribution in [-0.4, -0.2) is 21.9 Å². The second-order valence-corrected chi connectivity index (χ2v) is 6.89. The van der Waals surface area contributed by atoms with Crippen molar-refractivity contribution in [1.82, 2.24) is 15.3 Å². The fraction of sp³-hybridized carbons (Fsp3) is 0.0455. The predicted molar refractivity (Wildman–Crippen MR) is 112 cm³/mol. The second-order valence-electron chi connectivity index (χ2n) is 6.89. The van der Waals surface area contributed by atoms with E-state index < -0.39 is 11.8 Å². The number of furan rings is 1. The lowest BCUT2D eigenvalue weighted by Crippen LogP contribution is -2.19. The fourth-order valence-electron chi connectivity index (χ4n) is 3.65. The van der Waals surface area contributed by atoms with Crippen LogP contribution in [0.2, 0.25) is 0 Å². The molecule has 0 unspecified atom stereocenters. The molecule has 1 aliphatic rings. The van der Waals surface area contributed by atoms with Crippen LogP contribution < -0.4 is 16.0 Å². The van der Waals surface area contributed by atoms with Crippen molar-refractivity contribution in [2.75, 3.05) is 10.6 Å². The molecule has 2 aromatic heterocycles.